The van der Waals surface area contributed by atoms with Crippen molar-refractivity contribution in [3.8, 4) is 0 Å². The molecule has 2 rings (SSSR count). The second-order valence-electron chi connectivity index (χ2n) is 5.29. The molecule has 1 heterocycles. The van der Waals surface area contributed by atoms with Gasteiger partial charge in [0.1, 0.15) is 0 Å². The summed E-state index contributed by atoms with van der Waals surface area (Å²) in [5, 5.41) is 8.07. The van der Waals surface area contributed by atoms with Gasteiger partial charge in [-0.25, -0.2) is 0 Å². The summed E-state index contributed by atoms with van der Waals surface area (Å²) in [6.45, 7) is 1.84. The van der Waals surface area contributed by atoms with Gasteiger partial charge >= 0.3 is 0 Å². The van der Waals surface area contributed by atoms with Crippen LogP contribution in [0, 0.1) is 6.92 Å². The third-order valence-corrected chi connectivity index (χ3v) is 3.54. The van der Waals surface area contributed by atoms with Gasteiger partial charge in [-0.2, -0.15) is 0 Å². The lowest BCUT2D eigenvalue weighted by Crippen LogP contribution is -2.35. The first kappa shape index (κ1) is 18.5. The third-order valence-electron chi connectivity index (χ3n) is 3.23. The Balaban J connectivity index is 1.67. The van der Waals surface area contributed by atoms with E-state index in [1.165, 1.54) is 12.3 Å². The van der Waals surface area contributed by atoms with E-state index in [0.717, 1.165) is 5.56 Å². The standard InChI is InChI=1S/C17H18ClN3O4/c1-11-4-5-13(12(18)9-11)21-16(23)10-20-15(22)6-7-19-17(24)14-3-2-8-25-14/h2-5,8-9H,6-7,10H2,1H3,(H,19,24)(H,20,22)(H,21,23). The van der Waals surface area contributed by atoms with E-state index < -0.39 is 11.8 Å². The predicted molar refractivity (Wildman–Crippen MR) is 93.5 cm³/mol. The summed E-state index contributed by atoms with van der Waals surface area (Å²) >= 11 is 6.03. The minimum Gasteiger partial charge on any atom is -0.459 e. The maximum Gasteiger partial charge on any atom is 0.286 e. The zero-order valence-corrected chi connectivity index (χ0v) is 14.4. The van der Waals surface area contributed by atoms with E-state index in [9.17, 15) is 14.4 Å². The van der Waals surface area contributed by atoms with Crippen LogP contribution in [0.2, 0.25) is 5.02 Å². The maximum atomic E-state index is 11.8. The number of halogens is 1. The van der Waals surface area contributed by atoms with Crippen molar-refractivity contribution in [1.29, 1.82) is 0 Å². The Kier molecular flexibility index (Phi) is 6.59. The molecule has 0 atom stereocenters. The van der Waals surface area contributed by atoms with E-state index in [1.54, 1.807) is 18.2 Å². The maximum absolute atomic E-state index is 11.8. The van der Waals surface area contributed by atoms with Crippen LogP contribution in [-0.2, 0) is 9.59 Å². The van der Waals surface area contributed by atoms with Gasteiger partial charge in [-0.3, -0.25) is 14.4 Å². The second kappa shape index (κ2) is 8.89. The highest BCUT2D eigenvalue weighted by atomic mass is 35.5. The van der Waals surface area contributed by atoms with Crippen LogP contribution in [-0.4, -0.2) is 30.8 Å². The molecule has 0 aliphatic heterocycles. The van der Waals surface area contributed by atoms with Gasteiger partial charge in [0, 0.05) is 13.0 Å². The monoisotopic (exact) mass is 363 g/mol. The molecule has 0 aliphatic rings. The van der Waals surface area contributed by atoms with Crippen LogP contribution in [0.25, 0.3) is 0 Å². The predicted octanol–water partition coefficient (Wildman–Crippen LogP) is 2.12. The first-order valence-electron chi connectivity index (χ1n) is 7.60. The number of carbonyl (C=O) groups is 3. The van der Waals surface area contributed by atoms with Crippen LogP contribution in [0.15, 0.2) is 41.0 Å². The first-order valence-corrected chi connectivity index (χ1v) is 7.98. The molecule has 1 aromatic carbocycles. The number of carbonyl (C=O) groups excluding carboxylic acids is 3. The van der Waals surface area contributed by atoms with Crippen molar-refractivity contribution >= 4 is 35.0 Å². The number of rotatable bonds is 7. The molecule has 0 bridgehead atoms. The zero-order chi connectivity index (χ0) is 18.2. The van der Waals surface area contributed by atoms with Gasteiger partial charge in [-0.1, -0.05) is 17.7 Å². The molecule has 0 saturated carbocycles. The van der Waals surface area contributed by atoms with Crippen LogP contribution in [0.1, 0.15) is 22.5 Å². The van der Waals surface area contributed by atoms with Crippen LogP contribution in [0.3, 0.4) is 0 Å². The summed E-state index contributed by atoms with van der Waals surface area (Å²) in [7, 11) is 0. The average molecular weight is 364 g/mol. The summed E-state index contributed by atoms with van der Waals surface area (Å²) in [6, 6.07) is 8.37. The summed E-state index contributed by atoms with van der Waals surface area (Å²) in [4.78, 5) is 35.1. The largest absolute Gasteiger partial charge is 0.459 e. The van der Waals surface area contributed by atoms with E-state index in [4.69, 9.17) is 16.0 Å². The number of benzene rings is 1. The van der Waals surface area contributed by atoms with Crippen molar-refractivity contribution in [2.45, 2.75) is 13.3 Å². The SMILES string of the molecule is Cc1ccc(NC(=O)CNC(=O)CCNC(=O)c2ccco2)c(Cl)c1. The Labute approximate surface area is 149 Å². The minimum absolute atomic E-state index is 0.0466. The minimum atomic E-state index is -0.399. The molecule has 0 radical (unpaired) electrons. The van der Waals surface area contributed by atoms with E-state index in [0.29, 0.717) is 10.7 Å². The van der Waals surface area contributed by atoms with Gasteiger partial charge in [0.2, 0.25) is 11.8 Å². The summed E-state index contributed by atoms with van der Waals surface area (Å²) in [6.07, 6.45) is 1.44. The molecule has 0 spiro atoms. The summed E-state index contributed by atoms with van der Waals surface area (Å²) in [5.41, 5.74) is 1.46. The molecule has 0 fully saturated rings. The quantitative estimate of drug-likeness (QED) is 0.701. The molecule has 25 heavy (non-hydrogen) atoms. The second-order valence-corrected chi connectivity index (χ2v) is 5.70. The van der Waals surface area contributed by atoms with E-state index in [1.807, 2.05) is 13.0 Å². The van der Waals surface area contributed by atoms with Crippen LogP contribution in [0.5, 0.6) is 0 Å². The molecule has 132 valence electrons. The number of amides is 3. The lowest BCUT2D eigenvalue weighted by atomic mass is 10.2. The van der Waals surface area contributed by atoms with E-state index >= 15 is 0 Å². The smallest absolute Gasteiger partial charge is 0.286 e. The number of furan rings is 1. The molecule has 7 nitrogen and oxygen atoms in total. The van der Waals surface area contributed by atoms with Gasteiger partial charge in [0.25, 0.3) is 5.91 Å². The molecule has 3 N–H and O–H groups in total. The third kappa shape index (κ3) is 5.96. The zero-order valence-electron chi connectivity index (χ0n) is 13.6. The molecule has 2 aromatic rings. The highest BCUT2D eigenvalue weighted by molar-refractivity contribution is 6.33. The topological polar surface area (TPSA) is 100 Å². The average Bonchev–Trinajstić information content (AvgIpc) is 3.10. The van der Waals surface area contributed by atoms with Gasteiger partial charge in [-0.05, 0) is 36.8 Å². The molecule has 0 saturated heterocycles. The number of aryl methyl sites for hydroxylation is 1. The van der Waals surface area contributed by atoms with Gasteiger partial charge in [-0.15, -0.1) is 0 Å². The van der Waals surface area contributed by atoms with Gasteiger partial charge in [0.05, 0.1) is 23.5 Å². The van der Waals surface area contributed by atoms with E-state index in [2.05, 4.69) is 16.0 Å². The Bertz CT molecular complexity index is 759. The Hall–Kier alpha value is -2.80. The molecular weight excluding hydrogens is 346 g/mol. The number of hydrogen-bond donors (Lipinski definition) is 3. The van der Waals surface area contributed by atoms with Crippen LogP contribution >= 0.6 is 11.6 Å². The Morgan fingerprint density at radius 2 is 1.92 bits per heavy atom. The van der Waals surface area contributed by atoms with Crippen molar-refractivity contribution in [2.24, 2.45) is 0 Å². The first-order chi connectivity index (χ1) is 12.0. The number of anilines is 1. The lowest BCUT2D eigenvalue weighted by molar-refractivity contribution is -0.124. The van der Waals surface area contributed by atoms with E-state index in [-0.39, 0.29) is 31.2 Å². The summed E-state index contributed by atoms with van der Waals surface area (Å²) < 4.78 is 4.93. The van der Waals surface area contributed by atoms with Crippen molar-refractivity contribution in [3.63, 3.8) is 0 Å². The van der Waals surface area contributed by atoms with Crippen molar-refractivity contribution < 1.29 is 18.8 Å². The van der Waals surface area contributed by atoms with Crippen molar-refractivity contribution in [2.75, 3.05) is 18.4 Å². The summed E-state index contributed by atoms with van der Waals surface area (Å²) in [5.74, 6) is -0.969. The highest BCUT2D eigenvalue weighted by Gasteiger charge is 2.10. The normalized spacial score (nSPS) is 10.2. The molecule has 3 amide bonds. The van der Waals surface area contributed by atoms with Gasteiger partial charge < -0.3 is 20.4 Å². The number of hydrogen-bond acceptors (Lipinski definition) is 4. The van der Waals surface area contributed by atoms with Gasteiger partial charge in [0.15, 0.2) is 5.76 Å². The fourth-order valence-electron chi connectivity index (χ4n) is 1.97. The molecule has 0 aliphatic carbocycles. The lowest BCUT2D eigenvalue weighted by Gasteiger charge is -2.09. The van der Waals surface area contributed by atoms with Crippen LogP contribution < -0.4 is 16.0 Å². The number of nitrogens with one attached hydrogen (secondary N) is 3. The highest BCUT2D eigenvalue weighted by Crippen LogP contribution is 2.22. The molecule has 0 unspecified atom stereocenters. The molecular formula is C17H18ClN3O4. The Morgan fingerprint density at radius 1 is 1.12 bits per heavy atom. The fraction of sp³-hybridized carbons (Fsp3) is 0.235. The molecule has 1 aromatic heterocycles. The van der Waals surface area contributed by atoms with Crippen LogP contribution in [0.4, 0.5) is 5.69 Å². The van der Waals surface area contributed by atoms with Crippen molar-refractivity contribution in [1.82, 2.24) is 10.6 Å². The molecule has 8 heteroatoms. The van der Waals surface area contributed by atoms with Crippen molar-refractivity contribution in [3.05, 3.63) is 52.9 Å². The Morgan fingerprint density at radius 3 is 2.60 bits per heavy atom. The fourth-order valence-corrected chi connectivity index (χ4v) is 2.25.